The van der Waals surface area contributed by atoms with Gasteiger partial charge in [0.2, 0.25) is 10.0 Å². The van der Waals surface area contributed by atoms with Crippen molar-refractivity contribution in [1.82, 2.24) is 4.31 Å². The maximum atomic E-state index is 13.4. The summed E-state index contributed by atoms with van der Waals surface area (Å²) in [6, 6.07) is 9.30. The van der Waals surface area contributed by atoms with E-state index in [4.69, 9.17) is 11.1 Å². The third-order valence-electron chi connectivity index (χ3n) is 5.20. The van der Waals surface area contributed by atoms with E-state index in [-0.39, 0.29) is 11.3 Å². The number of sulfonamides is 1. The highest BCUT2D eigenvalue weighted by Gasteiger charge is 2.50. The van der Waals surface area contributed by atoms with E-state index in [0.29, 0.717) is 11.3 Å². The van der Waals surface area contributed by atoms with Crippen LogP contribution in [0.25, 0.3) is 0 Å². The Morgan fingerprint density at radius 1 is 1.07 bits per heavy atom. The molecule has 0 radical (unpaired) electrons. The highest BCUT2D eigenvalue weighted by atomic mass is 32.2. The van der Waals surface area contributed by atoms with Crippen molar-refractivity contribution in [3.8, 4) is 0 Å². The van der Waals surface area contributed by atoms with Crippen LogP contribution in [0.4, 0.5) is 13.2 Å². The van der Waals surface area contributed by atoms with E-state index in [2.05, 4.69) is 0 Å². The zero-order valence-electron chi connectivity index (χ0n) is 14.4. The Morgan fingerprint density at radius 2 is 1.68 bits per heavy atom. The molecule has 0 fully saturated rings. The minimum Gasteiger partial charge on any atom is -0.402 e. The summed E-state index contributed by atoms with van der Waals surface area (Å²) in [4.78, 5) is -0.229. The van der Waals surface area contributed by atoms with E-state index < -0.39 is 33.8 Å². The summed E-state index contributed by atoms with van der Waals surface area (Å²) in [6.45, 7) is 0. The number of hydrogen-bond acceptors (Lipinski definition) is 4. The molecule has 2 aliphatic heterocycles. The van der Waals surface area contributed by atoms with E-state index >= 15 is 0 Å². The largest absolute Gasteiger partial charge is 0.416 e. The molecule has 3 N–H and O–H groups in total. The van der Waals surface area contributed by atoms with Gasteiger partial charge in [-0.25, -0.2) is 8.42 Å². The molecule has 0 spiro atoms. The standard InChI is InChI=1S/C19H16F3N3O2S/c20-19(21,22)11-5-7-12(8-6-11)28(26,27)25-17-9-16(24)15(10-23)18(25)14-4-2-1-3-13(14)17/h1-8,10,17-18,23H,9,24H2. The first kappa shape index (κ1) is 18.7. The minimum atomic E-state index is -4.55. The van der Waals surface area contributed by atoms with Crippen molar-refractivity contribution in [1.29, 1.82) is 5.41 Å². The van der Waals surface area contributed by atoms with Gasteiger partial charge in [0, 0.05) is 23.9 Å². The van der Waals surface area contributed by atoms with Gasteiger partial charge in [0.1, 0.15) is 0 Å². The molecule has 2 aromatic carbocycles. The molecular weight excluding hydrogens is 391 g/mol. The van der Waals surface area contributed by atoms with Gasteiger partial charge >= 0.3 is 6.18 Å². The quantitative estimate of drug-likeness (QED) is 0.760. The van der Waals surface area contributed by atoms with Gasteiger partial charge in [0.25, 0.3) is 0 Å². The van der Waals surface area contributed by atoms with Crippen LogP contribution in [0.3, 0.4) is 0 Å². The Bertz CT molecular complexity index is 1090. The molecule has 28 heavy (non-hydrogen) atoms. The average molecular weight is 407 g/mol. The van der Waals surface area contributed by atoms with Gasteiger partial charge in [-0.2, -0.15) is 17.5 Å². The molecular formula is C19H16F3N3O2S. The lowest BCUT2D eigenvalue weighted by Gasteiger charge is -2.35. The summed E-state index contributed by atoms with van der Waals surface area (Å²) in [6.07, 6.45) is -3.28. The zero-order chi connectivity index (χ0) is 20.3. The number of nitrogens with two attached hydrogens (primary N) is 1. The molecule has 4 rings (SSSR count). The van der Waals surface area contributed by atoms with Crippen molar-refractivity contribution in [3.63, 3.8) is 0 Å². The monoisotopic (exact) mass is 407 g/mol. The second-order valence-corrected chi connectivity index (χ2v) is 8.58. The number of halogens is 3. The Labute approximate surface area is 159 Å². The number of hydrogen-bond donors (Lipinski definition) is 2. The normalized spacial score (nSPS) is 22.2. The van der Waals surface area contributed by atoms with E-state index in [1.54, 1.807) is 18.2 Å². The fraction of sp³-hybridized carbons (Fsp3) is 0.211. The predicted molar refractivity (Wildman–Crippen MR) is 97.0 cm³/mol. The Balaban J connectivity index is 1.84. The topological polar surface area (TPSA) is 87.2 Å². The van der Waals surface area contributed by atoms with Crippen molar-refractivity contribution in [2.24, 2.45) is 5.73 Å². The van der Waals surface area contributed by atoms with Crippen LogP contribution in [0.1, 0.15) is 35.2 Å². The van der Waals surface area contributed by atoms with Crippen LogP contribution in [0.5, 0.6) is 0 Å². The van der Waals surface area contributed by atoms with Crippen LogP contribution in [0.2, 0.25) is 0 Å². The lowest BCUT2D eigenvalue weighted by molar-refractivity contribution is -0.137. The second kappa shape index (κ2) is 6.18. The van der Waals surface area contributed by atoms with Gasteiger partial charge in [0.05, 0.1) is 22.5 Å². The fourth-order valence-electron chi connectivity index (χ4n) is 3.94. The van der Waals surface area contributed by atoms with Crippen LogP contribution in [0, 0.1) is 5.41 Å². The summed E-state index contributed by atoms with van der Waals surface area (Å²) < 4.78 is 66.4. The molecule has 0 saturated heterocycles. The molecule has 2 aliphatic rings. The second-order valence-electron chi connectivity index (χ2n) is 6.73. The predicted octanol–water partition coefficient (Wildman–Crippen LogP) is 3.76. The van der Waals surface area contributed by atoms with E-state index in [1.807, 2.05) is 6.07 Å². The highest BCUT2D eigenvalue weighted by Crippen LogP contribution is 2.53. The first-order valence-corrected chi connectivity index (χ1v) is 9.89. The summed E-state index contributed by atoms with van der Waals surface area (Å²) in [7, 11) is -4.12. The third-order valence-corrected chi connectivity index (χ3v) is 7.09. The fourth-order valence-corrected chi connectivity index (χ4v) is 5.69. The number of rotatable bonds is 3. The summed E-state index contributed by atoms with van der Waals surface area (Å²) in [5.41, 5.74) is 7.53. The van der Waals surface area contributed by atoms with Gasteiger partial charge < -0.3 is 11.1 Å². The molecule has 9 heteroatoms. The SMILES string of the molecule is N=CC1=C(N)CC2c3ccccc3C1N2S(=O)(=O)c1ccc(C(F)(F)F)cc1. The molecule has 0 saturated carbocycles. The minimum absolute atomic E-state index is 0.220. The Hall–Kier alpha value is -2.65. The van der Waals surface area contributed by atoms with Crippen molar-refractivity contribution < 1.29 is 21.6 Å². The van der Waals surface area contributed by atoms with Crippen LogP contribution in [0.15, 0.2) is 64.7 Å². The number of alkyl halides is 3. The summed E-state index contributed by atoms with van der Waals surface area (Å²) >= 11 is 0. The highest BCUT2D eigenvalue weighted by molar-refractivity contribution is 7.89. The lowest BCUT2D eigenvalue weighted by atomic mass is 9.99. The van der Waals surface area contributed by atoms with Crippen LogP contribution >= 0.6 is 0 Å². The van der Waals surface area contributed by atoms with Gasteiger partial charge in [-0.05, 0) is 35.4 Å². The van der Waals surface area contributed by atoms with E-state index in [0.717, 1.165) is 41.6 Å². The molecule has 0 aliphatic carbocycles. The molecule has 2 bridgehead atoms. The lowest BCUT2D eigenvalue weighted by Crippen LogP contribution is -2.38. The van der Waals surface area contributed by atoms with Gasteiger partial charge in [-0.1, -0.05) is 24.3 Å². The first-order chi connectivity index (χ1) is 13.2. The Morgan fingerprint density at radius 3 is 2.25 bits per heavy atom. The molecule has 0 aromatic heterocycles. The number of fused-ring (bicyclic) bond motifs is 5. The molecule has 2 heterocycles. The number of nitrogens with one attached hydrogen (secondary N) is 1. The van der Waals surface area contributed by atoms with E-state index in [1.165, 1.54) is 4.31 Å². The Kier molecular flexibility index (Phi) is 4.13. The van der Waals surface area contributed by atoms with E-state index in [9.17, 15) is 21.6 Å². The van der Waals surface area contributed by atoms with Crippen molar-refractivity contribution in [2.75, 3.05) is 0 Å². The third kappa shape index (κ3) is 2.65. The maximum absolute atomic E-state index is 13.4. The van der Waals surface area contributed by atoms with Crippen molar-refractivity contribution in [3.05, 3.63) is 76.5 Å². The molecule has 2 atom stereocenters. The van der Waals surface area contributed by atoms with Gasteiger partial charge in [-0.15, -0.1) is 0 Å². The zero-order valence-corrected chi connectivity index (χ0v) is 15.3. The maximum Gasteiger partial charge on any atom is 0.416 e. The van der Waals surface area contributed by atoms with Crippen LogP contribution < -0.4 is 5.73 Å². The smallest absolute Gasteiger partial charge is 0.402 e. The van der Waals surface area contributed by atoms with Crippen LogP contribution in [-0.4, -0.2) is 18.9 Å². The average Bonchev–Trinajstić information content (AvgIpc) is 2.91. The molecule has 2 aromatic rings. The summed E-state index contributed by atoms with van der Waals surface area (Å²) in [5.74, 6) is 0. The molecule has 5 nitrogen and oxygen atoms in total. The van der Waals surface area contributed by atoms with Gasteiger partial charge in [0.15, 0.2) is 0 Å². The number of benzene rings is 2. The molecule has 146 valence electrons. The first-order valence-electron chi connectivity index (χ1n) is 8.45. The molecule has 0 amide bonds. The molecule has 2 unspecified atom stereocenters. The van der Waals surface area contributed by atoms with Crippen LogP contribution in [-0.2, 0) is 16.2 Å². The van der Waals surface area contributed by atoms with Gasteiger partial charge in [-0.3, -0.25) is 0 Å². The number of nitrogens with zero attached hydrogens (tertiary/aromatic N) is 1. The van der Waals surface area contributed by atoms with Crippen molar-refractivity contribution in [2.45, 2.75) is 29.6 Å². The van der Waals surface area contributed by atoms with Crippen molar-refractivity contribution >= 4 is 16.2 Å². The summed E-state index contributed by atoms with van der Waals surface area (Å²) in [5, 5.41) is 7.71.